The van der Waals surface area contributed by atoms with Crippen molar-refractivity contribution < 1.29 is 9.59 Å². The highest BCUT2D eigenvalue weighted by Crippen LogP contribution is 2.27. The van der Waals surface area contributed by atoms with Crippen LogP contribution in [0.1, 0.15) is 33.6 Å². The summed E-state index contributed by atoms with van der Waals surface area (Å²) in [5.41, 5.74) is -0.434. The average Bonchev–Trinajstić information content (AvgIpc) is 3.04. The number of halogens is 1. The summed E-state index contributed by atoms with van der Waals surface area (Å²) in [5.74, 6) is 1.37. The van der Waals surface area contributed by atoms with Crippen LogP contribution in [0.5, 0.6) is 0 Å². The summed E-state index contributed by atoms with van der Waals surface area (Å²) in [6.45, 7) is 7.40. The second kappa shape index (κ2) is 7.70. The van der Waals surface area contributed by atoms with Crippen molar-refractivity contribution in [3.63, 3.8) is 0 Å². The molecule has 2 amide bonds. The molecule has 0 radical (unpaired) electrons. The first-order chi connectivity index (χ1) is 9.39. The third kappa shape index (κ3) is 4.76. The summed E-state index contributed by atoms with van der Waals surface area (Å²) in [6.07, 6.45) is 2.29. The van der Waals surface area contributed by atoms with Gasteiger partial charge in [-0.1, -0.05) is 20.8 Å². The lowest BCUT2D eigenvalue weighted by atomic mass is 9.94. The van der Waals surface area contributed by atoms with Gasteiger partial charge in [0, 0.05) is 23.8 Å². The van der Waals surface area contributed by atoms with Crippen molar-refractivity contribution in [1.82, 2.24) is 15.5 Å². The molecular weight excluding hydrogens is 310 g/mol. The first kappa shape index (κ1) is 18.6. The Bertz CT molecular complexity index is 381. The van der Waals surface area contributed by atoms with Gasteiger partial charge in [0.15, 0.2) is 0 Å². The van der Waals surface area contributed by atoms with Crippen LogP contribution in [0.3, 0.4) is 0 Å². The molecule has 5 nitrogen and oxygen atoms in total. The van der Waals surface area contributed by atoms with Gasteiger partial charge < -0.3 is 15.5 Å². The molecular formula is C14H26ClN3O2S. The van der Waals surface area contributed by atoms with Gasteiger partial charge in [0.25, 0.3) is 0 Å². The first-order valence-corrected chi connectivity index (χ1v) is 8.45. The molecule has 2 saturated heterocycles. The highest BCUT2D eigenvalue weighted by Gasteiger charge is 2.39. The predicted octanol–water partition coefficient (Wildman–Crippen LogP) is 1.22. The lowest BCUT2D eigenvalue weighted by Crippen LogP contribution is -2.51. The van der Waals surface area contributed by atoms with Crippen LogP contribution in [0.2, 0.25) is 0 Å². The zero-order valence-corrected chi connectivity index (χ0v) is 14.6. The number of nitrogens with one attached hydrogen (secondary N) is 2. The number of rotatable bonds is 3. The van der Waals surface area contributed by atoms with E-state index in [1.54, 1.807) is 16.7 Å². The Labute approximate surface area is 137 Å². The minimum Gasteiger partial charge on any atom is -0.353 e. The number of carbonyl (C=O) groups excluding carboxylic acids is 2. The molecule has 122 valence electrons. The van der Waals surface area contributed by atoms with Crippen molar-refractivity contribution in [2.45, 2.75) is 45.7 Å². The maximum absolute atomic E-state index is 12.4. The van der Waals surface area contributed by atoms with Crippen LogP contribution in [0, 0.1) is 5.41 Å². The van der Waals surface area contributed by atoms with E-state index in [9.17, 15) is 9.59 Å². The largest absolute Gasteiger partial charge is 0.353 e. The van der Waals surface area contributed by atoms with E-state index in [4.69, 9.17) is 0 Å². The van der Waals surface area contributed by atoms with E-state index < -0.39 is 5.41 Å². The zero-order chi connectivity index (χ0) is 14.8. The van der Waals surface area contributed by atoms with Crippen molar-refractivity contribution in [3.8, 4) is 0 Å². The Morgan fingerprint density at radius 3 is 2.67 bits per heavy atom. The second-order valence-corrected chi connectivity index (χ2v) is 7.58. The molecule has 2 N–H and O–H groups in total. The fourth-order valence-electron chi connectivity index (χ4n) is 2.56. The maximum atomic E-state index is 12.4. The van der Waals surface area contributed by atoms with Crippen LogP contribution in [0.4, 0.5) is 0 Å². The number of hydrogen-bond acceptors (Lipinski definition) is 4. The Morgan fingerprint density at radius 1 is 1.38 bits per heavy atom. The SMILES string of the molecule is CC(C)(C)C(=O)N1CSCC1C(=O)NCC1CCCN1.Cl. The van der Waals surface area contributed by atoms with Crippen molar-refractivity contribution >= 4 is 36.0 Å². The van der Waals surface area contributed by atoms with Gasteiger partial charge in [0.1, 0.15) is 6.04 Å². The fourth-order valence-corrected chi connectivity index (χ4v) is 3.72. The molecule has 0 aromatic rings. The van der Waals surface area contributed by atoms with Crippen LogP contribution >= 0.6 is 24.2 Å². The zero-order valence-electron chi connectivity index (χ0n) is 13.0. The molecule has 2 atom stereocenters. The van der Waals surface area contributed by atoms with E-state index in [-0.39, 0.29) is 30.3 Å². The molecule has 0 aliphatic carbocycles. The monoisotopic (exact) mass is 335 g/mol. The van der Waals surface area contributed by atoms with E-state index in [2.05, 4.69) is 10.6 Å². The highest BCUT2D eigenvalue weighted by molar-refractivity contribution is 7.99. The number of carbonyl (C=O) groups is 2. The van der Waals surface area contributed by atoms with E-state index in [1.165, 1.54) is 6.42 Å². The van der Waals surface area contributed by atoms with E-state index >= 15 is 0 Å². The molecule has 2 aliphatic heterocycles. The second-order valence-electron chi connectivity index (χ2n) is 6.58. The van der Waals surface area contributed by atoms with Crippen molar-refractivity contribution in [2.75, 3.05) is 24.7 Å². The van der Waals surface area contributed by atoms with Crippen LogP contribution in [0.15, 0.2) is 0 Å². The molecule has 0 aromatic heterocycles. The van der Waals surface area contributed by atoms with Crippen molar-refractivity contribution in [1.29, 1.82) is 0 Å². The van der Waals surface area contributed by atoms with Gasteiger partial charge >= 0.3 is 0 Å². The molecule has 0 spiro atoms. The Kier molecular flexibility index (Phi) is 6.81. The van der Waals surface area contributed by atoms with E-state index in [0.717, 1.165) is 13.0 Å². The molecule has 7 heteroatoms. The third-order valence-electron chi connectivity index (χ3n) is 3.77. The summed E-state index contributed by atoms with van der Waals surface area (Å²) >= 11 is 1.65. The van der Waals surface area contributed by atoms with Crippen LogP contribution in [0.25, 0.3) is 0 Å². The molecule has 0 bridgehead atoms. The predicted molar refractivity (Wildman–Crippen MR) is 88.7 cm³/mol. The van der Waals surface area contributed by atoms with E-state index in [0.29, 0.717) is 24.2 Å². The van der Waals surface area contributed by atoms with Crippen molar-refractivity contribution in [2.24, 2.45) is 5.41 Å². The summed E-state index contributed by atoms with van der Waals surface area (Å²) < 4.78 is 0. The van der Waals surface area contributed by atoms with Gasteiger partial charge in [-0.15, -0.1) is 24.2 Å². The average molecular weight is 336 g/mol. The fraction of sp³-hybridized carbons (Fsp3) is 0.857. The molecule has 0 aromatic carbocycles. The van der Waals surface area contributed by atoms with E-state index in [1.807, 2.05) is 20.8 Å². The van der Waals surface area contributed by atoms with Crippen LogP contribution in [-0.4, -0.2) is 53.5 Å². The maximum Gasteiger partial charge on any atom is 0.243 e. The van der Waals surface area contributed by atoms with Crippen LogP contribution < -0.4 is 10.6 Å². The third-order valence-corrected chi connectivity index (χ3v) is 4.78. The Hall–Kier alpha value is -0.460. The Morgan fingerprint density at radius 2 is 2.10 bits per heavy atom. The summed E-state index contributed by atoms with van der Waals surface area (Å²) in [5, 5.41) is 6.35. The topological polar surface area (TPSA) is 61.4 Å². The quantitative estimate of drug-likeness (QED) is 0.814. The number of nitrogens with zero attached hydrogens (tertiary/aromatic N) is 1. The molecule has 2 unspecified atom stereocenters. The van der Waals surface area contributed by atoms with Gasteiger partial charge in [0.05, 0.1) is 5.88 Å². The van der Waals surface area contributed by atoms with Gasteiger partial charge in [-0.3, -0.25) is 9.59 Å². The molecule has 2 rings (SSSR count). The number of amides is 2. The minimum atomic E-state index is -0.434. The summed E-state index contributed by atoms with van der Waals surface area (Å²) in [4.78, 5) is 26.4. The lowest BCUT2D eigenvalue weighted by Gasteiger charge is -2.29. The van der Waals surface area contributed by atoms with Gasteiger partial charge in [-0.2, -0.15) is 0 Å². The summed E-state index contributed by atoms with van der Waals surface area (Å²) in [6, 6.07) is 0.0768. The molecule has 0 saturated carbocycles. The van der Waals surface area contributed by atoms with Gasteiger partial charge in [-0.05, 0) is 19.4 Å². The first-order valence-electron chi connectivity index (χ1n) is 7.29. The van der Waals surface area contributed by atoms with Gasteiger partial charge in [-0.25, -0.2) is 0 Å². The Balaban J connectivity index is 0.00000220. The standard InChI is InChI=1S/C14H25N3O2S.ClH/c1-14(2,3)13(19)17-9-20-8-11(17)12(18)16-7-10-5-4-6-15-10;/h10-11,15H,4-9H2,1-3H3,(H,16,18);1H. The van der Waals surface area contributed by atoms with Gasteiger partial charge in [0.2, 0.25) is 11.8 Å². The molecule has 2 aliphatic rings. The van der Waals surface area contributed by atoms with Crippen molar-refractivity contribution in [3.05, 3.63) is 0 Å². The smallest absolute Gasteiger partial charge is 0.243 e. The molecule has 2 heterocycles. The molecule has 2 fully saturated rings. The number of thioether (sulfide) groups is 1. The lowest BCUT2D eigenvalue weighted by molar-refractivity contribution is -0.144. The number of hydrogen-bond donors (Lipinski definition) is 2. The minimum absolute atomic E-state index is 0. The summed E-state index contributed by atoms with van der Waals surface area (Å²) in [7, 11) is 0. The highest BCUT2D eigenvalue weighted by atomic mass is 35.5. The normalized spacial score (nSPS) is 25.6. The molecule has 21 heavy (non-hydrogen) atoms. The van der Waals surface area contributed by atoms with Crippen LogP contribution in [-0.2, 0) is 9.59 Å².